The van der Waals surface area contributed by atoms with Crippen molar-refractivity contribution in [3.8, 4) is 0 Å². The van der Waals surface area contributed by atoms with Crippen molar-refractivity contribution in [2.24, 2.45) is 5.41 Å². The van der Waals surface area contributed by atoms with Crippen LogP contribution in [0.5, 0.6) is 0 Å². The van der Waals surface area contributed by atoms with E-state index in [0.717, 1.165) is 41.4 Å². The van der Waals surface area contributed by atoms with E-state index < -0.39 is 0 Å². The fraction of sp³-hybridized carbons (Fsp3) is 0.562. The lowest BCUT2D eigenvalue weighted by Gasteiger charge is -2.29. The van der Waals surface area contributed by atoms with Gasteiger partial charge in [0.15, 0.2) is 0 Å². The standard InChI is InChI=1S/C16H24BrNO/c1-5-16(6-2,10-17)11-18-15(19)14-8-12(3)7-13(4)9-14/h7-9H,5-6,10-11H2,1-4H3,(H,18,19). The highest BCUT2D eigenvalue weighted by atomic mass is 79.9. The van der Waals surface area contributed by atoms with E-state index >= 15 is 0 Å². The lowest BCUT2D eigenvalue weighted by molar-refractivity contribution is 0.0932. The number of hydrogen-bond donors (Lipinski definition) is 1. The predicted molar refractivity (Wildman–Crippen MR) is 85.1 cm³/mol. The molecule has 1 rings (SSSR count). The van der Waals surface area contributed by atoms with E-state index in [4.69, 9.17) is 0 Å². The highest BCUT2D eigenvalue weighted by molar-refractivity contribution is 9.09. The molecule has 1 aromatic carbocycles. The number of aryl methyl sites for hydroxylation is 2. The van der Waals surface area contributed by atoms with Crippen LogP contribution in [0.4, 0.5) is 0 Å². The van der Waals surface area contributed by atoms with E-state index in [9.17, 15) is 4.79 Å². The molecule has 3 heteroatoms. The van der Waals surface area contributed by atoms with Crippen molar-refractivity contribution in [2.45, 2.75) is 40.5 Å². The zero-order valence-corrected chi connectivity index (χ0v) is 13.9. The zero-order chi connectivity index (χ0) is 14.5. The summed E-state index contributed by atoms with van der Waals surface area (Å²) in [5.74, 6) is 0.0269. The Balaban J connectivity index is 2.74. The number of amides is 1. The molecule has 0 aliphatic heterocycles. The Morgan fingerprint density at radius 3 is 2.11 bits per heavy atom. The van der Waals surface area contributed by atoms with Gasteiger partial charge >= 0.3 is 0 Å². The van der Waals surface area contributed by atoms with Crippen LogP contribution in [0.2, 0.25) is 0 Å². The molecule has 0 bridgehead atoms. The maximum Gasteiger partial charge on any atom is 0.251 e. The van der Waals surface area contributed by atoms with Gasteiger partial charge in [-0.25, -0.2) is 0 Å². The first kappa shape index (κ1) is 16.2. The molecule has 2 nitrogen and oxygen atoms in total. The third kappa shape index (κ3) is 4.34. The Labute approximate surface area is 125 Å². The van der Waals surface area contributed by atoms with Crippen LogP contribution >= 0.6 is 15.9 Å². The van der Waals surface area contributed by atoms with Crippen molar-refractivity contribution >= 4 is 21.8 Å². The summed E-state index contributed by atoms with van der Waals surface area (Å²) in [6.45, 7) is 9.10. The van der Waals surface area contributed by atoms with Gasteiger partial charge in [-0.1, -0.05) is 47.0 Å². The highest BCUT2D eigenvalue weighted by Crippen LogP contribution is 2.27. The van der Waals surface area contributed by atoms with E-state index in [0.29, 0.717) is 0 Å². The molecule has 0 spiro atoms. The second-order valence-electron chi connectivity index (χ2n) is 5.40. The van der Waals surface area contributed by atoms with Crippen LogP contribution in [0.15, 0.2) is 18.2 Å². The molecule has 0 fully saturated rings. The van der Waals surface area contributed by atoms with E-state index in [1.165, 1.54) is 0 Å². The van der Waals surface area contributed by atoms with Gasteiger partial charge in [-0.3, -0.25) is 4.79 Å². The molecule has 0 saturated heterocycles. The minimum Gasteiger partial charge on any atom is -0.351 e. The third-order valence-electron chi connectivity index (χ3n) is 3.89. The molecule has 0 heterocycles. The molecule has 0 aromatic heterocycles. The summed E-state index contributed by atoms with van der Waals surface area (Å²) in [5.41, 5.74) is 3.17. The van der Waals surface area contributed by atoms with Crippen molar-refractivity contribution < 1.29 is 4.79 Å². The summed E-state index contributed by atoms with van der Waals surface area (Å²) in [6, 6.07) is 5.96. The van der Waals surface area contributed by atoms with Crippen molar-refractivity contribution in [1.29, 1.82) is 0 Å². The number of halogens is 1. The number of carbonyl (C=O) groups is 1. The Morgan fingerprint density at radius 1 is 1.16 bits per heavy atom. The smallest absolute Gasteiger partial charge is 0.251 e. The fourth-order valence-electron chi connectivity index (χ4n) is 2.21. The molecule has 0 atom stereocenters. The molecule has 106 valence electrons. The third-order valence-corrected chi connectivity index (χ3v) is 5.08. The summed E-state index contributed by atoms with van der Waals surface area (Å²) in [6.07, 6.45) is 2.11. The molecule has 19 heavy (non-hydrogen) atoms. The first-order chi connectivity index (χ1) is 8.96. The average molecular weight is 326 g/mol. The maximum absolute atomic E-state index is 12.2. The average Bonchev–Trinajstić information content (AvgIpc) is 2.39. The molecular formula is C16H24BrNO. The summed E-state index contributed by atoms with van der Waals surface area (Å²) >= 11 is 3.57. The Hall–Kier alpha value is -0.830. The van der Waals surface area contributed by atoms with E-state index in [-0.39, 0.29) is 11.3 Å². The van der Waals surface area contributed by atoms with Gasteiger partial charge in [0.2, 0.25) is 0 Å². The second kappa shape index (κ2) is 7.09. The van der Waals surface area contributed by atoms with Gasteiger partial charge in [0.25, 0.3) is 5.91 Å². The number of alkyl halides is 1. The summed E-state index contributed by atoms with van der Waals surface area (Å²) < 4.78 is 0. The predicted octanol–water partition coefficient (Wildman–Crippen LogP) is 4.23. The van der Waals surface area contributed by atoms with Crippen LogP contribution in [-0.2, 0) is 0 Å². The summed E-state index contributed by atoms with van der Waals surface area (Å²) in [5, 5.41) is 3.99. The van der Waals surface area contributed by atoms with Gasteiger partial charge in [0.1, 0.15) is 0 Å². The SMILES string of the molecule is CCC(CC)(CBr)CNC(=O)c1cc(C)cc(C)c1. The van der Waals surface area contributed by atoms with E-state index in [1.807, 2.05) is 26.0 Å². The molecule has 0 aliphatic carbocycles. The number of hydrogen-bond acceptors (Lipinski definition) is 1. The normalized spacial score (nSPS) is 11.4. The van der Waals surface area contributed by atoms with Gasteiger partial charge in [0, 0.05) is 17.4 Å². The Bertz CT molecular complexity index is 410. The minimum atomic E-state index is 0.0269. The van der Waals surface area contributed by atoms with Crippen LogP contribution in [0.25, 0.3) is 0 Å². The van der Waals surface area contributed by atoms with Crippen molar-refractivity contribution in [3.05, 3.63) is 34.9 Å². The van der Waals surface area contributed by atoms with Gasteiger partial charge in [-0.05, 0) is 44.2 Å². The van der Waals surface area contributed by atoms with Crippen molar-refractivity contribution in [2.75, 3.05) is 11.9 Å². The van der Waals surface area contributed by atoms with E-state index in [2.05, 4.69) is 41.2 Å². The van der Waals surface area contributed by atoms with Gasteiger partial charge < -0.3 is 5.32 Å². The maximum atomic E-state index is 12.2. The largest absolute Gasteiger partial charge is 0.351 e. The minimum absolute atomic E-state index is 0.0269. The molecule has 1 N–H and O–H groups in total. The highest BCUT2D eigenvalue weighted by Gasteiger charge is 2.25. The first-order valence-corrected chi connectivity index (χ1v) is 8.01. The fourth-order valence-corrected chi connectivity index (χ4v) is 3.20. The first-order valence-electron chi connectivity index (χ1n) is 6.89. The quantitative estimate of drug-likeness (QED) is 0.779. The summed E-state index contributed by atoms with van der Waals surface area (Å²) in [4.78, 5) is 12.2. The van der Waals surface area contributed by atoms with Gasteiger partial charge in [-0.15, -0.1) is 0 Å². The number of nitrogens with one attached hydrogen (secondary N) is 1. The van der Waals surface area contributed by atoms with Crippen LogP contribution in [0.1, 0.15) is 48.2 Å². The van der Waals surface area contributed by atoms with Gasteiger partial charge in [-0.2, -0.15) is 0 Å². The molecular weight excluding hydrogens is 302 g/mol. The van der Waals surface area contributed by atoms with Crippen LogP contribution in [-0.4, -0.2) is 17.8 Å². The molecule has 1 amide bonds. The number of rotatable bonds is 6. The van der Waals surface area contributed by atoms with Crippen molar-refractivity contribution in [1.82, 2.24) is 5.32 Å². The molecule has 0 radical (unpaired) electrons. The molecule has 0 unspecified atom stereocenters. The van der Waals surface area contributed by atoms with E-state index in [1.54, 1.807) is 0 Å². The molecule has 1 aromatic rings. The van der Waals surface area contributed by atoms with Crippen LogP contribution < -0.4 is 5.32 Å². The zero-order valence-electron chi connectivity index (χ0n) is 12.3. The molecule has 0 saturated carbocycles. The Morgan fingerprint density at radius 2 is 1.68 bits per heavy atom. The van der Waals surface area contributed by atoms with Gasteiger partial charge in [0.05, 0.1) is 0 Å². The lowest BCUT2D eigenvalue weighted by atomic mass is 9.84. The second-order valence-corrected chi connectivity index (χ2v) is 5.96. The number of carbonyl (C=O) groups excluding carboxylic acids is 1. The lowest BCUT2D eigenvalue weighted by Crippen LogP contribution is -2.38. The van der Waals surface area contributed by atoms with Crippen LogP contribution in [0, 0.1) is 19.3 Å². The summed E-state index contributed by atoms with van der Waals surface area (Å²) in [7, 11) is 0. The molecule has 0 aliphatic rings. The topological polar surface area (TPSA) is 29.1 Å². The van der Waals surface area contributed by atoms with Crippen LogP contribution in [0.3, 0.4) is 0 Å². The van der Waals surface area contributed by atoms with Crippen molar-refractivity contribution in [3.63, 3.8) is 0 Å². The number of benzene rings is 1. The monoisotopic (exact) mass is 325 g/mol. The Kier molecular flexibility index (Phi) is 6.05.